The summed E-state index contributed by atoms with van der Waals surface area (Å²) in [4.78, 5) is 13.9. The number of hydrogen-bond acceptors (Lipinski definition) is 3. The molecule has 7 heteroatoms. The van der Waals surface area contributed by atoms with E-state index in [0.717, 1.165) is 17.8 Å². The Morgan fingerprint density at radius 2 is 1.72 bits per heavy atom. The van der Waals surface area contributed by atoms with Crippen molar-refractivity contribution in [2.24, 2.45) is 0 Å². The van der Waals surface area contributed by atoms with Crippen LogP contribution in [0.2, 0.25) is 0 Å². The first-order valence-corrected chi connectivity index (χ1v) is 7.71. The van der Waals surface area contributed by atoms with Crippen LogP contribution in [0, 0.1) is 0 Å². The zero-order valence-electron chi connectivity index (χ0n) is 13.6. The molecule has 0 saturated heterocycles. The number of carbonyl (C=O) groups excluding carboxylic acids is 1. The Kier molecular flexibility index (Phi) is 6.03. The first-order chi connectivity index (χ1) is 11.8. The number of carbonyl (C=O) groups is 1. The molecule has 2 rings (SSSR count). The molecule has 0 aliphatic carbocycles. The van der Waals surface area contributed by atoms with E-state index in [2.05, 4.69) is 5.32 Å². The van der Waals surface area contributed by atoms with Gasteiger partial charge in [-0.15, -0.1) is 0 Å². The third-order valence-corrected chi connectivity index (χ3v) is 3.44. The largest absolute Gasteiger partial charge is 0.416 e. The second-order valence-electron chi connectivity index (χ2n) is 5.69. The van der Waals surface area contributed by atoms with E-state index in [1.165, 1.54) is 12.1 Å². The van der Waals surface area contributed by atoms with Crippen LogP contribution in [-0.4, -0.2) is 30.2 Å². The summed E-state index contributed by atoms with van der Waals surface area (Å²) in [7, 11) is 0. The van der Waals surface area contributed by atoms with Gasteiger partial charge in [0.25, 0.3) is 0 Å². The maximum absolute atomic E-state index is 12.5. The van der Waals surface area contributed by atoms with Crippen molar-refractivity contribution >= 4 is 17.3 Å². The minimum atomic E-state index is -4.41. The van der Waals surface area contributed by atoms with E-state index in [1.807, 2.05) is 30.3 Å². The van der Waals surface area contributed by atoms with Crippen molar-refractivity contribution in [1.82, 2.24) is 0 Å². The zero-order valence-corrected chi connectivity index (χ0v) is 13.6. The summed E-state index contributed by atoms with van der Waals surface area (Å²) in [5.74, 6) is -0.385. The molecule has 1 atom stereocenters. The summed E-state index contributed by atoms with van der Waals surface area (Å²) in [6.07, 6.45) is -5.05. The molecule has 134 valence electrons. The number of nitrogens with one attached hydrogen (secondary N) is 1. The number of nitrogens with zero attached hydrogens (tertiary/aromatic N) is 1. The van der Waals surface area contributed by atoms with Crippen LogP contribution in [0.5, 0.6) is 0 Å². The van der Waals surface area contributed by atoms with E-state index in [9.17, 15) is 23.1 Å². The number of benzene rings is 2. The Labute approximate surface area is 143 Å². The average molecular weight is 352 g/mol. The number of rotatable bonds is 6. The molecule has 2 aromatic rings. The number of aliphatic hydroxyl groups is 1. The number of halogens is 3. The molecule has 2 N–H and O–H groups in total. The van der Waals surface area contributed by atoms with Crippen molar-refractivity contribution in [3.05, 3.63) is 60.2 Å². The normalized spacial score (nSPS) is 12.5. The van der Waals surface area contributed by atoms with Crippen molar-refractivity contribution in [2.75, 3.05) is 23.3 Å². The molecule has 4 nitrogen and oxygen atoms in total. The number of anilines is 2. The highest BCUT2D eigenvalue weighted by molar-refractivity contribution is 5.94. The van der Waals surface area contributed by atoms with Gasteiger partial charge in [-0.2, -0.15) is 13.2 Å². The topological polar surface area (TPSA) is 52.6 Å². The highest BCUT2D eigenvalue weighted by atomic mass is 19.4. The molecule has 0 radical (unpaired) electrons. The van der Waals surface area contributed by atoms with E-state index in [4.69, 9.17) is 0 Å². The number of alkyl halides is 3. The maximum atomic E-state index is 12.5. The minimum absolute atomic E-state index is 0.0318. The third kappa shape index (κ3) is 5.79. The lowest BCUT2D eigenvalue weighted by Gasteiger charge is -2.25. The second kappa shape index (κ2) is 8.02. The zero-order chi connectivity index (χ0) is 18.4. The van der Waals surface area contributed by atoms with Gasteiger partial charge in [0, 0.05) is 17.9 Å². The summed E-state index contributed by atoms with van der Waals surface area (Å²) in [5, 5.41) is 12.2. The Morgan fingerprint density at radius 1 is 1.12 bits per heavy atom. The molecule has 0 spiro atoms. The van der Waals surface area contributed by atoms with Crippen LogP contribution in [0.4, 0.5) is 24.5 Å². The maximum Gasteiger partial charge on any atom is 0.416 e. The van der Waals surface area contributed by atoms with Crippen LogP contribution in [0.1, 0.15) is 12.5 Å². The van der Waals surface area contributed by atoms with Gasteiger partial charge < -0.3 is 15.3 Å². The Balaban J connectivity index is 2.03. The van der Waals surface area contributed by atoms with Crippen molar-refractivity contribution in [1.29, 1.82) is 0 Å². The van der Waals surface area contributed by atoms with Gasteiger partial charge in [-0.3, -0.25) is 4.79 Å². The number of hydrogen-bond donors (Lipinski definition) is 2. The van der Waals surface area contributed by atoms with Crippen LogP contribution in [-0.2, 0) is 11.0 Å². The van der Waals surface area contributed by atoms with Gasteiger partial charge >= 0.3 is 6.18 Å². The van der Waals surface area contributed by atoms with E-state index in [1.54, 1.807) is 11.8 Å². The number of amides is 1. The number of para-hydroxylation sites is 1. The van der Waals surface area contributed by atoms with Crippen LogP contribution in [0.15, 0.2) is 54.6 Å². The van der Waals surface area contributed by atoms with E-state index in [-0.39, 0.29) is 24.7 Å². The Morgan fingerprint density at radius 3 is 2.24 bits per heavy atom. The average Bonchev–Trinajstić information content (AvgIpc) is 2.54. The van der Waals surface area contributed by atoms with Gasteiger partial charge in [-0.1, -0.05) is 18.2 Å². The fraction of sp³-hybridized carbons (Fsp3) is 0.278. The molecule has 0 aliphatic heterocycles. The first-order valence-electron chi connectivity index (χ1n) is 7.71. The fourth-order valence-corrected chi connectivity index (χ4v) is 2.34. The minimum Gasteiger partial charge on any atom is -0.392 e. The molecule has 1 amide bonds. The quantitative estimate of drug-likeness (QED) is 0.836. The summed E-state index contributed by atoms with van der Waals surface area (Å²) in [6.45, 7) is 1.84. The highest BCUT2D eigenvalue weighted by Gasteiger charge is 2.30. The molecule has 0 aromatic heterocycles. The molecule has 25 heavy (non-hydrogen) atoms. The highest BCUT2D eigenvalue weighted by Crippen LogP contribution is 2.29. The molecule has 0 saturated carbocycles. The van der Waals surface area contributed by atoms with Crippen LogP contribution >= 0.6 is 0 Å². The van der Waals surface area contributed by atoms with Gasteiger partial charge in [0.2, 0.25) is 5.91 Å². The second-order valence-corrected chi connectivity index (χ2v) is 5.69. The fourth-order valence-electron chi connectivity index (χ4n) is 2.34. The van der Waals surface area contributed by atoms with Crippen LogP contribution < -0.4 is 10.2 Å². The molecular weight excluding hydrogens is 333 g/mol. The van der Waals surface area contributed by atoms with Gasteiger partial charge in [0.1, 0.15) is 0 Å². The lowest BCUT2D eigenvalue weighted by Crippen LogP contribution is -2.37. The van der Waals surface area contributed by atoms with Crippen molar-refractivity contribution in [3.8, 4) is 0 Å². The van der Waals surface area contributed by atoms with Crippen molar-refractivity contribution in [2.45, 2.75) is 19.2 Å². The van der Waals surface area contributed by atoms with E-state index >= 15 is 0 Å². The van der Waals surface area contributed by atoms with Gasteiger partial charge in [0.15, 0.2) is 0 Å². The molecule has 0 aliphatic rings. The molecule has 0 heterocycles. The summed E-state index contributed by atoms with van der Waals surface area (Å²) >= 11 is 0. The Hall–Kier alpha value is -2.54. The SMILES string of the molecule is C[C@@H](O)CN(CC(=O)Nc1ccc(C(F)(F)F)cc1)c1ccccc1. The number of aliphatic hydroxyl groups excluding tert-OH is 1. The molecule has 2 aromatic carbocycles. The smallest absolute Gasteiger partial charge is 0.392 e. The van der Waals surface area contributed by atoms with Crippen molar-refractivity contribution in [3.63, 3.8) is 0 Å². The lowest BCUT2D eigenvalue weighted by molar-refractivity contribution is -0.137. The van der Waals surface area contributed by atoms with E-state index in [0.29, 0.717) is 0 Å². The molecule has 0 fully saturated rings. The molecular formula is C18H19F3N2O2. The standard InChI is InChI=1S/C18H19F3N2O2/c1-13(24)11-23(16-5-3-2-4-6-16)12-17(25)22-15-9-7-14(8-10-15)18(19,20)21/h2-10,13,24H,11-12H2,1H3,(H,22,25)/t13-/m1/s1. The predicted octanol–water partition coefficient (Wildman–Crippen LogP) is 3.53. The summed E-state index contributed by atoms with van der Waals surface area (Å²) < 4.78 is 37.6. The van der Waals surface area contributed by atoms with Gasteiger partial charge in [-0.05, 0) is 43.3 Å². The van der Waals surface area contributed by atoms with Crippen LogP contribution in [0.3, 0.4) is 0 Å². The monoisotopic (exact) mass is 352 g/mol. The molecule has 0 unspecified atom stereocenters. The first kappa shape index (κ1) is 18.8. The third-order valence-electron chi connectivity index (χ3n) is 3.44. The predicted molar refractivity (Wildman–Crippen MR) is 90.4 cm³/mol. The lowest BCUT2D eigenvalue weighted by atomic mass is 10.2. The van der Waals surface area contributed by atoms with Gasteiger partial charge in [0.05, 0.1) is 18.2 Å². The molecule has 0 bridgehead atoms. The summed E-state index contributed by atoms with van der Waals surface area (Å²) in [6, 6.07) is 13.4. The Bertz CT molecular complexity index is 686. The summed E-state index contributed by atoms with van der Waals surface area (Å²) in [5.41, 5.74) is 0.277. The van der Waals surface area contributed by atoms with Gasteiger partial charge in [-0.25, -0.2) is 0 Å². The van der Waals surface area contributed by atoms with Crippen LogP contribution in [0.25, 0.3) is 0 Å². The van der Waals surface area contributed by atoms with E-state index < -0.39 is 17.8 Å². The van der Waals surface area contributed by atoms with Crippen molar-refractivity contribution < 1.29 is 23.1 Å².